The third-order valence-electron chi connectivity index (χ3n) is 4.89. The Labute approximate surface area is 157 Å². The van der Waals surface area contributed by atoms with E-state index in [0.29, 0.717) is 6.54 Å². The molecule has 0 aromatic heterocycles. The van der Waals surface area contributed by atoms with Crippen molar-refractivity contribution in [1.29, 1.82) is 0 Å². The summed E-state index contributed by atoms with van der Waals surface area (Å²) in [5, 5.41) is 13.1. The van der Waals surface area contributed by atoms with Crippen molar-refractivity contribution in [2.75, 3.05) is 40.4 Å². The zero-order valence-electron chi connectivity index (χ0n) is 16.7. The minimum atomic E-state index is -0.183. The Morgan fingerprint density at radius 2 is 1.88 bits per heavy atom. The molecule has 26 heavy (non-hydrogen) atoms. The van der Waals surface area contributed by atoms with Crippen molar-refractivity contribution >= 4 is 5.96 Å². The monoisotopic (exact) mass is 363 g/mol. The van der Waals surface area contributed by atoms with Gasteiger partial charge in [0.25, 0.3) is 0 Å². The van der Waals surface area contributed by atoms with Crippen molar-refractivity contribution in [3.05, 3.63) is 23.8 Å². The molecule has 6 heteroatoms. The highest BCUT2D eigenvalue weighted by Gasteiger charge is 2.24. The normalized spacial score (nSPS) is 16.5. The molecule has 0 aliphatic carbocycles. The SMILES string of the molecule is CCNC(=NCC(C)(C)c1ccc(OC)c(OC)c1)N1CCC(O)CC1. The average molecular weight is 364 g/mol. The van der Waals surface area contributed by atoms with Crippen molar-refractivity contribution < 1.29 is 14.6 Å². The van der Waals surface area contributed by atoms with E-state index >= 15 is 0 Å². The first-order chi connectivity index (χ1) is 12.4. The number of aliphatic hydroxyl groups excluding tert-OH is 1. The van der Waals surface area contributed by atoms with Gasteiger partial charge in [-0.05, 0) is 37.5 Å². The smallest absolute Gasteiger partial charge is 0.193 e. The molecular formula is C20H33N3O3. The van der Waals surface area contributed by atoms with Crippen molar-refractivity contribution in [3.8, 4) is 11.5 Å². The second-order valence-electron chi connectivity index (χ2n) is 7.34. The molecule has 6 nitrogen and oxygen atoms in total. The predicted molar refractivity (Wildman–Crippen MR) is 105 cm³/mol. The van der Waals surface area contributed by atoms with E-state index in [1.165, 1.54) is 0 Å². The first kappa shape index (κ1) is 20.4. The van der Waals surface area contributed by atoms with Gasteiger partial charge >= 0.3 is 0 Å². The lowest BCUT2D eigenvalue weighted by molar-refractivity contribution is 0.108. The third-order valence-corrected chi connectivity index (χ3v) is 4.89. The minimum Gasteiger partial charge on any atom is -0.493 e. The molecule has 0 bridgehead atoms. The Morgan fingerprint density at radius 1 is 1.23 bits per heavy atom. The van der Waals surface area contributed by atoms with Gasteiger partial charge < -0.3 is 24.8 Å². The highest BCUT2D eigenvalue weighted by atomic mass is 16.5. The molecule has 0 atom stereocenters. The molecule has 1 saturated heterocycles. The van der Waals surface area contributed by atoms with Crippen molar-refractivity contribution in [2.24, 2.45) is 4.99 Å². The van der Waals surface area contributed by atoms with E-state index in [4.69, 9.17) is 14.5 Å². The van der Waals surface area contributed by atoms with Crippen molar-refractivity contribution in [2.45, 2.75) is 45.1 Å². The van der Waals surface area contributed by atoms with Crippen LogP contribution in [0.2, 0.25) is 0 Å². The van der Waals surface area contributed by atoms with Crippen LogP contribution in [-0.4, -0.2) is 62.5 Å². The number of nitrogens with zero attached hydrogens (tertiary/aromatic N) is 2. The number of hydrogen-bond donors (Lipinski definition) is 2. The number of piperidine rings is 1. The molecule has 1 aliphatic rings. The summed E-state index contributed by atoms with van der Waals surface area (Å²) in [6.45, 7) is 9.60. The lowest BCUT2D eigenvalue weighted by Crippen LogP contribution is -2.47. The summed E-state index contributed by atoms with van der Waals surface area (Å²) in [7, 11) is 3.30. The van der Waals surface area contributed by atoms with Gasteiger partial charge in [-0.15, -0.1) is 0 Å². The van der Waals surface area contributed by atoms with Gasteiger partial charge in [0.1, 0.15) is 0 Å². The highest BCUT2D eigenvalue weighted by Crippen LogP contribution is 2.33. The number of hydrogen-bond acceptors (Lipinski definition) is 4. The third kappa shape index (κ3) is 5.04. The van der Waals surface area contributed by atoms with Crippen LogP contribution >= 0.6 is 0 Å². The summed E-state index contributed by atoms with van der Waals surface area (Å²) in [6, 6.07) is 6.04. The molecule has 0 spiro atoms. The number of methoxy groups -OCH3 is 2. The maximum atomic E-state index is 9.73. The van der Waals surface area contributed by atoms with Crippen LogP contribution in [0, 0.1) is 0 Å². The molecule has 1 fully saturated rings. The zero-order valence-corrected chi connectivity index (χ0v) is 16.7. The van der Waals surface area contributed by atoms with Gasteiger partial charge in [0, 0.05) is 25.0 Å². The van der Waals surface area contributed by atoms with Crippen LogP contribution < -0.4 is 14.8 Å². The summed E-state index contributed by atoms with van der Waals surface area (Å²) in [6.07, 6.45) is 1.41. The van der Waals surface area contributed by atoms with Crippen LogP contribution in [0.5, 0.6) is 11.5 Å². The molecule has 0 unspecified atom stereocenters. The number of guanidine groups is 1. The van der Waals surface area contributed by atoms with E-state index in [9.17, 15) is 5.11 Å². The number of nitrogens with one attached hydrogen (secondary N) is 1. The molecule has 146 valence electrons. The van der Waals surface area contributed by atoms with Crippen LogP contribution in [0.4, 0.5) is 0 Å². The molecule has 1 heterocycles. The number of benzene rings is 1. The standard InChI is InChI=1S/C20H33N3O3/c1-6-21-19(23-11-9-16(24)10-12-23)22-14-20(2,3)15-7-8-17(25-4)18(13-15)26-5/h7-8,13,16,24H,6,9-12,14H2,1-5H3,(H,21,22). The Bertz CT molecular complexity index is 608. The van der Waals surface area contributed by atoms with E-state index < -0.39 is 0 Å². The van der Waals surface area contributed by atoms with Crippen LogP contribution in [0.3, 0.4) is 0 Å². The number of aliphatic imine (C=N–C) groups is 1. The topological polar surface area (TPSA) is 66.3 Å². The van der Waals surface area contributed by atoms with Crippen molar-refractivity contribution in [1.82, 2.24) is 10.2 Å². The average Bonchev–Trinajstić information content (AvgIpc) is 2.65. The lowest BCUT2D eigenvalue weighted by atomic mass is 9.84. The van der Waals surface area contributed by atoms with E-state index in [0.717, 1.165) is 55.5 Å². The van der Waals surface area contributed by atoms with E-state index in [1.807, 2.05) is 12.1 Å². The minimum absolute atomic E-state index is 0.143. The lowest BCUT2D eigenvalue weighted by Gasteiger charge is -2.33. The Kier molecular flexibility index (Phi) is 7.14. The first-order valence-electron chi connectivity index (χ1n) is 9.35. The molecule has 1 aromatic carbocycles. The molecule has 1 aromatic rings. The summed E-state index contributed by atoms with van der Waals surface area (Å²) < 4.78 is 10.8. The van der Waals surface area contributed by atoms with E-state index in [-0.39, 0.29) is 11.5 Å². The number of aliphatic hydroxyl groups is 1. The quantitative estimate of drug-likeness (QED) is 0.600. The van der Waals surface area contributed by atoms with E-state index in [1.54, 1.807) is 14.2 Å². The number of likely N-dealkylation sites (tertiary alicyclic amines) is 1. The summed E-state index contributed by atoms with van der Waals surface area (Å²) in [5.74, 6) is 2.39. The number of ether oxygens (including phenoxy) is 2. The van der Waals surface area contributed by atoms with Crippen LogP contribution in [0.1, 0.15) is 39.2 Å². The van der Waals surface area contributed by atoms with Crippen LogP contribution in [0.25, 0.3) is 0 Å². The summed E-state index contributed by atoms with van der Waals surface area (Å²) in [5.41, 5.74) is 1.01. The van der Waals surface area contributed by atoms with Gasteiger partial charge in [-0.1, -0.05) is 19.9 Å². The Balaban J connectivity index is 2.16. The number of rotatable bonds is 6. The molecule has 1 aliphatic heterocycles. The maximum Gasteiger partial charge on any atom is 0.193 e. The largest absolute Gasteiger partial charge is 0.493 e. The molecule has 0 radical (unpaired) electrons. The second-order valence-corrected chi connectivity index (χ2v) is 7.34. The highest BCUT2D eigenvalue weighted by molar-refractivity contribution is 5.80. The molecular weight excluding hydrogens is 330 g/mol. The second kappa shape index (κ2) is 9.12. The summed E-state index contributed by atoms with van der Waals surface area (Å²) >= 11 is 0. The Morgan fingerprint density at radius 3 is 2.46 bits per heavy atom. The fraction of sp³-hybridized carbons (Fsp3) is 0.650. The zero-order chi connectivity index (χ0) is 19.2. The van der Waals surface area contributed by atoms with Crippen LogP contribution in [0.15, 0.2) is 23.2 Å². The van der Waals surface area contributed by atoms with Gasteiger partial charge in [-0.25, -0.2) is 0 Å². The predicted octanol–water partition coefficient (Wildman–Crippen LogP) is 2.40. The Hall–Kier alpha value is -1.95. The molecule has 2 rings (SSSR count). The van der Waals surface area contributed by atoms with Gasteiger partial charge in [-0.3, -0.25) is 4.99 Å². The summed E-state index contributed by atoms with van der Waals surface area (Å²) in [4.78, 5) is 7.12. The first-order valence-corrected chi connectivity index (χ1v) is 9.35. The van der Waals surface area contributed by atoms with Gasteiger partial charge in [0.05, 0.1) is 26.9 Å². The van der Waals surface area contributed by atoms with Gasteiger partial charge in [-0.2, -0.15) is 0 Å². The molecule has 2 N–H and O–H groups in total. The van der Waals surface area contributed by atoms with Crippen molar-refractivity contribution in [3.63, 3.8) is 0 Å². The van der Waals surface area contributed by atoms with Gasteiger partial charge in [0.2, 0.25) is 0 Å². The van der Waals surface area contributed by atoms with Crippen LogP contribution in [-0.2, 0) is 5.41 Å². The molecule has 0 amide bonds. The fourth-order valence-electron chi connectivity index (χ4n) is 3.12. The van der Waals surface area contributed by atoms with Gasteiger partial charge in [0.15, 0.2) is 17.5 Å². The van der Waals surface area contributed by atoms with E-state index in [2.05, 4.69) is 37.1 Å². The maximum absolute atomic E-state index is 9.73. The fourth-order valence-corrected chi connectivity index (χ4v) is 3.12. The molecule has 0 saturated carbocycles.